The van der Waals surface area contributed by atoms with E-state index in [9.17, 15) is 0 Å². The number of aryl methyl sites for hydroxylation is 2. The van der Waals surface area contributed by atoms with Crippen molar-refractivity contribution in [2.75, 3.05) is 6.54 Å². The quantitative estimate of drug-likeness (QED) is 0.523. The van der Waals surface area contributed by atoms with Crippen molar-refractivity contribution in [3.63, 3.8) is 0 Å². The zero-order valence-corrected chi connectivity index (χ0v) is 15.2. The summed E-state index contributed by atoms with van der Waals surface area (Å²) in [6.07, 6.45) is 0. The van der Waals surface area contributed by atoms with Crippen molar-refractivity contribution in [1.29, 1.82) is 0 Å². The minimum absolute atomic E-state index is 0.412. The first kappa shape index (κ1) is 17.7. The van der Waals surface area contributed by atoms with Gasteiger partial charge in [-0.2, -0.15) is 0 Å². The first-order valence-electron chi connectivity index (χ1n) is 8.61. The number of hydrogen-bond acceptors (Lipinski definition) is 5. The number of rotatable bonds is 6. The summed E-state index contributed by atoms with van der Waals surface area (Å²) in [7, 11) is 0. The summed E-state index contributed by atoms with van der Waals surface area (Å²) in [4.78, 5) is 8.90. The van der Waals surface area contributed by atoms with Crippen LogP contribution in [0.3, 0.4) is 0 Å². The zero-order valence-electron chi connectivity index (χ0n) is 15.2. The zero-order chi connectivity index (χ0) is 18.4. The Morgan fingerprint density at radius 2 is 1.96 bits per heavy atom. The van der Waals surface area contributed by atoms with Crippen LogP contribution in [0.4, 0.5) is 0 Å². The lowest BCUT2D eigenvalue weighted by molar-refractivity contribution is 0.424. The van der Waals surface area contributed by atoms with Crippen molar-refractivity contribution in [2.45, 2.75) is 33.9 Å². The molecular weight excluding hydrogens is 330 g/mol. The number of aliphatic imine (C=N–C) groups is 1. The van der Waals surface area contributed by atoms with Gasteiger partial charge in [-0.25, -0.2) is 9.98 Å². The SMILES string of the molecule is CCNC(=NCc1cc(-c2ccccc2)on1)NCc1nc(C)c(C)o1. The first-order valence-corrected chi connectivity index (χ1v) is 8.61. The molecule has 7 nitrogen and oxygen atoms in total. The monoisotopic (exact) mass is 353 g/mol. The Morgan fingerprint density at radius 3 is 2.65 bits per heavy atom. The fraction of sp³-hybridized carbons (Fsp3) is 0.316. The highest BCUT2D eigenvalue weighted by molar-refractivity contribution is 5.79. The van der Waals surface area contributed by atoms with E-state index in [1.54, 1.807) is 0 Å². The predicted octanol–water partition coefficient (Wildman–Crippen LogP) is 3.20. The Bertz CT molecular complexity index is 848. The second kappa shape index (κ2) is 8.33. The Kier molecular flexibility index (Phi) is 5.68. The number of nitrogens with one attached hydrogen (secondary N) is 2. The molecule has 0 aliphatic heterocycles. The van der Waals surface area contributed by atoms with Crippen molar-refractivity contribution in [1.82, 2.24) is 20.8 Å². The number of hydrogen-bond donors (Lipinski definition) is 2. The number of aromatic nitrogens is 2. The number of guanidine groups is 1. The van der Waals surface area contributed by atoms with Crippen LogP contribution in [0, 0.1) is 13.8 Å². The second-order valence-corrected chi connectivity index (χ2v) is 5.85. The van der Waals surface area contributed by atoms with E-state index in [0.29, 0.717) is 24.9 Å². The van der Waals surface area contributed by atoms with Gasteiger partial charge >= 0.3 is 0 Å². The van der Waals surface area contributed by atoms with Gasteiger partial charge in [-0.1, -0.05) is 35.5 Å². The van der Waals surface area contributed by atoms with Gasteiger partial charge in [0.25, 0.3) is 0 Å². The van der Waals surface area contributed by atoms with E-state index in [4.69, 9.17) is 8.94 Å². The van der Waals surface area contributed by atoms with Gasteiger partial charge in [-0.05, 0) is 20.8 Å². The summed E-state index contributed by atoms with van der Waals surface area (Å²) in [5.74, 6) is 2.88. The van der Waals surface area contributed by atoms with Gasteiger partial charge in [0.1, 0.15) is 11.5 Å². The molecule has 136 valence electrons. The third-order valence-electron chi connectivity index (χ3n) is 3.84. The van der Waals surface area contributed by atoms with Crippen LogP contribution >= 0.6 is 0 Å². The van der Waals surface area contributed by atoms with E-state index < -0.39 is 0 Å². The maximum absolute atomic E-state index is 5.57. The van der Waals surface area contributed by atoms with Crippen LogP contribution in [-0.4, -0.2) is 22.6 Å². The summed E-state index contributed by atoms with van der Waals surface area (Å²) >= 11 is 0. The number of nitrogens with zero attached hydrogens (tertiary/aromatic N) is 3. The molecule has 0 aliphatic rings. The summed E-state index contributed by atoms with van der Waals surface area (Å²) in [6, 6.07) is 11.8. The van der Waals surface area contributed by atoms with Crippen LogP contribution in [0.5, 0.6) is 0 Å². The molecule has 1 aromatic carbocycles. The maximum atomic E-state index is 5.57. The van der Waals surface area contributed by atoms with E-state index in [2.05, 4.69) is 25.8 Å². The Hall–Kier alpha value is -3.09. The average molecular weight is 353 g/mol. The molecule has 0 radical (unpaired) electrons. The third kappa shape index (κ3) is 4.50. The number of benzene rings is 1. The molecule has 3 aromatic rings. The highest BCUT2D eigenvalue weighted by Crippen LogP contribution is 2.19. The lowest BCUT2D eigenvalue weighted by Gasteiger charge is -2.09. The summed E-state index contributed by atoms with van der Waals surface area (Å²) < 4.78 is 11.0. The molecule has 3 rings (SSSR count). The lowest BCUT2D eigenvalue weighted by atomic mass is 10.2. The molecule has 2 aromatic heterocycles. The van der Waals surface area contributed by atoms with Crippen molar-refractivity contribution >= 4 is 5.96 Å². The Morgan fingerprint density at radius 1 is 1.15 bits per heavy atom. The molecule has 2 heterocycles. The summed E-state index contributed by atoms with van der Waals surface area (Å²) in [5, 5.41) is 10.5. The normalized spacial score (nSPS) is 11.6. The highest BCUT2D eigenvalue weighted by atomic mass is 16.5. The molecule has 2 N–H and O–H groups in total. The van der Waals surface area contributed by atoms with E-state index in [1.165, 1.54) is 0 Å². The van der Waals surface area contributed by atoms with E-state index in [0.717, 1.165) is 35.0 Å². The maximum Gasteiger partial charge on any atom is 0.214 e. The second-order valence-electron chi connectivity index (χ2n) is 5.85. The smallest absolute Gasteiger partial charge is 0.214 e. The largest absolute Gasteiger partial charge is 0.444 e. The standard InChI is InChI=1S/C19H23N5O2/c1-4-20-19(22-12-18-23-13(2)14(3)25-18)21-11-16-10-17(26-24-16)15-8-6-5-7-9-15/h5-10H,4,11-12H2,1-3H3,(H2,20,21,22). The van der Waals surface area contributed by atoms with Gasteiger partial charge < -0.3 is 19.6 Å². The van der Waals surface area contributed by atoms with E-state index in [1.807, 2.05) is 57.2 Å². The van der Waals surface area contributed by atoms with Crippen molar-refractivity contribution in [2.24, 2.45) is 4.99 Å². The van der Waals surface area contributed by atoms with Crippen LogP contribution in [0.15, 0.2) is 50.3 Å². The van der Waals surface area contributed by atoms with Crippen LogP contribution in [0.25, 0.3) is 11.3 Å². The lowest BCUT2D eigenvalue weighted by Crippen LogP contribution is -2.36. The fourth-order valence-electron chi connectivity index (χ4n) is 2.40. The average Bonchev–Trinajstić information content (AvgIpc) is 3.25. The third-order valence-corrected chi connectivity index (χ3v) is 3.84. The van der Waals surface area contributed by atoms with Gasteiger partial charge in [-0.3, -0.25) is 0 Å². The Balaban J connectivity index is 1.63. The van der Waals surface area contributed by atoms with Crippen LogP contribution in [0.2, 0.25) is 0 Å². The molecule has 0 saturated heterocycles. The van der Waals surface area contributed by atoms with Crippen molar-refractivity contribution < 1.29 is 8.94 Å². The topological polar surface area (TPSA) is 88.5 Å². The fourth-order valence-corrected chi connectivity index (χ4v) is 2.40. The van der Waals surface area contributed by atoms with Gasteiger partial charge in [0.15, 0.2) is 11.7 Å². The van der Waals surface area contributed by atoms with Crippen molar-refractivity contribution in [3.8, 4) is 11.3 Å². The minimum atomic E-state index is 0.412. The number of oxazole rings is 1. The van der Waals surface area contributed by atoms with Crippen LogP contribution < -0.4 is 10.6 Å². The summed E-state index contributed by atoms with van der Waals surface area (Å²) in [5.41, 5.74) is 2.67. The summed E-state index contributed by atoms with van der Waals surface area (Å²) in [6.45, 7) is 7.48. The molecule has 0 saturated carbocycles. The van der Waals surface area contributed by atoms with Gasteiger partial charge in [0.2, 0.25) is 5.89 Å². The molecule has 0 unspecified atom stereocenters. The molecule has 0 fully saturated rings. The predicted molar refractivity (Wildman–Crippen MR) is 99.6 cm³/mol. The molecule has 0 bridgehead atoms. The van der Waals surface area contributed by atoms with E-state index >= 15 is 0 Å². The van der Waals surface area contributed by atoms with Gasteiger partial charge in [0, 0.05) is 18.2 Å². The first-order chi connectivity index (χ1) is 12.7. The van der Waals surface area contributed by atoms with Gasteiger partial charge in [0.05, 0.1) is 18.8 Å². The molecule has 0 aliphatic carbocycles. The van der Waals surface area contributed by atoms with Crippen molar-refractivity contribution in [3.05, 3.63) is 59.4 Å². The molecule has 0 spiro atoms. The molecule has 0 atom stereocenters. The molecule has 0 amide bonds. The molecule has 26 heavy (non-hydrogen) atoms. The van der Waals surface area contributed by atoms with Crippen LogP contribution in [-0.2, 0) is 13.1 Å². The van der Waals surface area contributed by atoms with Crippen LogP contribution in [0.1, 0.15) is 30.0 Å². The molecular formula is C19H23N5O2. The van der Waals surface area contributed by atoms with E-state index in [-0.39, 0.29) is 0 Å². The Labute approximate surface area is 152 Å². The van der Waals surface area contributed by atoms with Gasteiger partial charge in [-0.15, -0.1) is 0 Å². The highest BCUT2D eigenvalue weighted by Gasteiger charge is 2.08. The minimum Gasteiger partial charge on any atom is -0.444 e. The molecule has 7 heteroatoms.